The number of rotatable bonds is 24. The summed E-state index contributed by atoms with van der Waals surface area (Å²) in [5, 5.41) is 25.0. The van der Waals surface area contributed by atoms with E-state index in [1.54, 1.807) is 51.9 Å². The van der Waals surface area contributed by atoms with E-state index < -0.39 is 59.4 Å². The molecule has 20 nitrogen and oxygen atoms in total. The minimum Gasteiger partial charge on any atom is -0.508 e. The maximum atomic E-state index is 14.6. The summed E-state index contributed by atoms with van der Waals surface area (Å²) in [5.74, 6) is -1.01. The molecule has 492 valence electrons. The topological polar surface area (TPSA) is 235 Å². The lowest BCUT2D eigenvalue weighted by Crippen LogP contribution is -2.57. The van der Waals surface area contributed by atoms with Crippen molar-refractivity contribution >= 4 is 47.2 Å². The summed E-state index contributed by atoms with van der Waals surface area (Å²) in [6.45, 7) is 13.5. The van der Waals surface area contributed by atoms with Gasteiger partial charge in [-0.3, -0.25) is 19.4 Å². The van der Waals surface area contributed by atoms with Crippen molar-refractivity contribution in [2.24, 2.45) is 11.8 Å². The molecule has 6 atom stereocenters. The number of aliphatic hydroxyl groups excluding tert-OH is 1. The summed E-state index contributed by atoms with van der Waals surface area (Å²) in [4.78, 5) is 88.5. The molecule has 4 aromatic rings. The van der Waals surface area contributed by atoms with Gasteiger partial charge in [-0.05, 0) is 127 Å². The molecule has 4 fully saturated rings. The number of ether oxygens (including phenoxy) is 6. The summed E-state index contributed by atoms with van der Waals surface area (Å²) in [6.07, 6.45) is 10.3. The maximum Gasteiger partial charge on any atom is 0.329 e. The number of phenols is 1. The zero-order valence-electron chi connectivity index (χ0n) is 54.1. The van der Waals surface area contributed by atoms with E-state index in [0.29, 0.717) is 75.8 Å². The highest BCUT2D eigenvalue weighted by molar-refractivity contribution is 5.98. The summed E-state index contributed by atoms with van der Waals surface area (Å²) in [6, 6.07) is 29.4. The highest BCUT2D eigenvalue weighted by Crippen LogP contribution is 2.34. The summed E-state index contributed by atoms with van der Waals surface area (Å²) >= 11 is 0. The fourth-order valence-corrected chi connectivity index (χ4v) is 12.0. The first-order chi connectivity index (χ1) is 43.1. The van der Waals surface area contributed by atoms with E-state index in [4.69, 9.17) is 33.5 Å². The van der Waals surface area contributed by atoms with Crippen LogP contribution in [0.15, 0.2) is 109 Å². The standard InChI is InChI=1S/C42H55N3O7.C28H43N3O7/c1-42(2,3)52-40(47)37-27-36(50-25-15-24-49-29-31-16-8-5-9-17-31)28-45(37)39(46)38(33-20-12-7-13-21-33)43-41(48)44(4)34-22-14-23-35(26-34)51-30-32-18-10-6-11-19-32;1-28(2,3)38-26(35)23-17-22(37-15-9-14-32)18-31(23)25(34)24(19-10-6-5-7-11-19)29-27(36)30(4)20-12-8-13-21(33)16-20/h5-6,8-11,14,16-19,22-23,26,33,36-38H,7,12-13,15,20-21,24-25,27-30H2,1-4H3,(H,43,48);8,12-13,16,19,22-24,32-33H,5-7,9-11,14-15,17-18H2,1-4H3,(H,29,36)/t36?,37-,38-;22?,23-,24-/m00/s1. The van der Waals surface area contributed by atoms with Gasteiger partial charge in [-0.2, -0.15) is 0 Å². The van der Waals surface area contributed by atoms with E-state index in [2.05, 4.69) is 10.6 Å². The maximum absolute atomic E-state index is 14.6. The third-order valence-corrected chi connectivity index (χ3v) is 16.6. The molecule has 0 radical (unpaired) electrons. The number of phenolic OH excluding ortho intramolecular Hbond substituents is 1. The fraction of sp³-hybridized carbons (Fsp3) is 0.571. The zero-order chi connectivity index (χ0) is 64.8. The number of nitrogens with one attached hydrogen (secondary N) is 2. The van der Waals surface area contributed by atoms with Gasteiger partial charge in [0.25, 0.3) is 0 Å². The molecule has 6 amide bonds. The molecule has 2 saturated carbocycles. The first-order valence-electron chi connectivity index (χ1n) is 32.2. The highest BCUT2D eigenvalue weighted by atomic mass is 16.6. The Morgan fingerprint density at radius 2 is 1.00 bits per heavy atom. The van der Waals surface area contributed by atoms with E-state index in [1.807, 2.05) is 106 Å². The average molecular weight is 1250 g/mol. The Bertz CT molecular complexity index is 2910. The average Bonchev–Trinajstić information content (AvgIpc) is 1.80. The van der Waals surface area contributed by atoms with E-state index in [0.717, 1.165) is 75.3 Å². The smallest absolute Gasteiger partial charge is 0.329 e. The van der Waals surface area contributed by atoms with Crippen LogP contribution >= 0.6 is 0 Å². The largest absolute Gasteiger partial charge is 0.508 e. The lowest BCUT2D eigenvalue weighted by molar-refractivity contribution is -0.164. The number of benzene rings is 4. The Hall–Kier alpha value is -7.26. The van der Waals surface area contributed by atoms with Crippen LogP contribution in [0.5, 0.6) is 11.5 Å². The van der Waals surface area contributed by atoms with Crippen molar-refractivity contribution in [2.45, 2.75) is 192 Å². The molecule has 0 aromatic heterocycles. The van der Waals surface area contributed by atoms with Gasteiger partial charge < -0.3 is 59.1 Å². The van der Waals surface area contributed by atoms with Gasteiger partial charge in [-0.1, -0.05) is 111 Å². The normalized spacial score (nSPS) is 19.6. The van der Waals surface area contributed by atoms with Crippen molar-refractivity contribution in [3.05, 3.63) is 120 Å². The first-order valence-corrected chi connectivity index (χ1v) is 32.2. The molecule has 4 N–H and O–H groups in total. The number of carbonyl (C=O) groups is 6. The van der Waals surface area contributed by atoms with Gasteiger partial charge in [0, 0.05) is 90.0 Å². The first kappa shape index (κ1) is 70.2. The lowest BCUT2D eigenvalue weighted by atomic mass is 9.83. The van der Waals surface area contributed by atoms with Gasteiger partial charge in [-0.15, -0.1) is 0 Å². The van der Waals surface area contributed by atoms with Gasteiger partial charge in [0.05, 0.1) is 18.8 Å². The zero-order valence-corrected chi connectivity index (χ0v) is 54.1. The quantitative estimate of drug-likeness (QED) is 0.0377. The third-order valence-electron chi connectivity index (χ3n) is 16.6. The Labute approximate surface area is 532 Å². The number of aliphatic hydroxyl groups is 1. The number of esters is 2. The molecule has 0 bridgehead atoms. The molecule has 2 aliphatic carbocycles. The molecule has 4 aromatic carbocycles. The Balaban J connectivity index is 0.000000269. The summed E-state index contributed by atoms with van der Waals surface area (Å²) < 4.78 is 35.3. The van der Waals surface area contributed by atoms with Crippen LogP contribution in [-0.4, -0.2) is 157 Å². The van der Waals surface area contributed by atoms with Crippen LogP contribution in [0.4, 0.5) is 21.0 Å². The summed E-state index contributed by atoms with van der Waals surface area (Å²) in [5.41, 5.74) is 1.83. The predicted octanol–water partition coefficient (Wildman–Crippen LogP) is 10.5. The monoisotopic (exact) mass is 1250 g/mol. The number of hydrogen-bond acceptors (Lipinski definition) is 14. The molecule has 4 aliphatic rings. The van der Waals surface area contributed by atoms with Gasteiger partial charge in [0.1, 0.15) is 53.5 Å². The van der Waals surface area contributed by atoms with E-state index >= 15 is 0 Å². The van der Waals surface area contributed by atoms with E-state index in [-0.39, 0.29) is 61.3 Å². The molecule has 2 saturated heterocycles. The number of likely N-dealkylation sites (tertiary alicyclic amines) is 2. The predicted molar refractivity (Wildman–Crippen MR) is 344 cm³/mol. The Morgan fingerprint density at radius 3 is 1.46 bits per heavy atom. The van der Waals surface area contributed by atoms with Crippen molar-refractivity contribution in [1.82, 2.24) is 20.4 Å². The van der Waals surface area contributed by atoms with Crippen molar-refractivity contribution in [2.75, 3.05) is 63.4 Å². The van der Waals surface area contributed by atoms with Crippen molar-refractivity contribution in [3.63, 3.8) is 0 Å². The number of anilines is 2. The number of amides is 6. The number of urea groups is 2. The van der Waals surface area contributed by atoms with Crippen LogP contribution in [0.25, 0.3) is 0 Å². The number of hydrogen-bond donors (Lipinski definition) is 4. The summed E-state index contributed by atoms with van der Waals surface area (Å²) in [7, 11) is 3.26. The van der Waals surface area contributed by atoms with Gasteiger partial charge in [0.15, 0.2) is 0 Å². The Morgan fingerprint density at radius 1 is 0.556 bits per heavy atom. The minimum absolute atomic E-state index is 0.00660. The molecule has 90 heavy (non-hydrogen) atoms. The highest BCUT2D eigenvalue weighted by Gasteiger charge is 2.48. The van der Waals surface area contributed by atoms with Crippen LogP contribution < -0.4 is 25.2 Å². The molecule has 2 aliphatic heterocycles. The van der Waals surface area contributed by atoms with Gasteiger partial charge >= 0.3 is 24.0 Å². The molecule has 8 rings (SSSR count). The second-order valence-corrected chi connectivity index (χ2v) is 26.1. The second-order valence-electron chi connectivity index (χ2n) is 26.1. The van der Waals surface area contributed by atoms with Crippen molar-refractivity contribution in [3.8, 4) is 11.5 Å². The van der Waals surface area contributed by atoms with E-state index in [1.165, 1.54) is 26.8 Å². The SMILES string of the molecule is CN(C(=O)N[C@H](C(=O)N1CC(OCCCO)C[C@H]1C(=O)OC(C)(C)C)C1CCCCC1)c1cccc(O)c1.CN(C(=O)N[C@H](C(=O)N1CC(OCCCOCc2ccccc2)C[C@H]1C(=O)OC(C)(C)C)C1CCCCC1)c1cccc(OCc2ccccc2)c1. The van der Waals surface area contributed by atoms with Crippen LogP contribution in [0.3, 0.4) is 0 Å². The third kappa shape index (κ3) is 21.7. The van der Waals surface area contributed by atoms with Crippen LogP contribution in [-0.2, 0) is 56.1 Å². The molecule has 20 heteroatoms. The molecule has 0 spiro atoms. The molecule has 2 unspecified atom stereocenters. The molecular weight excluding hydrogens is 1150 g/mol. The van der Waals surface area contributed by atoms with Crippen LogP contribution in [0, 0.1) is 11.8 Å². The van der Waals surface area contributed by atoms with Crippen LogP contribution in [0.2, 0.25) is 0 Å². The lowest BCUT2D eigenvalue weighted by Gasteiger charge is -2.35. The van der Waals surface area contributed by atoms with Crippen LogP contribution in [0.1, 0.15) is 143 Å². The Kier molecular flexibility index (Phi) is 26.7. The number of carbonyl (C=O) groups excluding carboxylic acids is 6. The molecular formula is C70H98N6O14. The van der Waals surface area contributed by atoms with Crippen molar-refractivity contribution in [1.29, 1.82) is 0 Å². The molecule has 2 heterocycles. The van der Waals surface area contributed by atoms with Gasteiger partial charge in [-0.25, -0.2) is 19.2 Å². The second kappa shape index (κ2) is 34.2. The minimum atomic E-state index is -0.826. The number of aromatic hydroxyl groups is 1. The van der Waals surface area contributed by atoms with Crippen molar-refractivity contribution < 1.29 is 67.4 Å². The number of nitrogens with zero attached hydrogens (tertiary/aromatic N) is 4. The van der Waals surface area contributed by atoms with E-state index in [9.17, 15) is 33.9 Å². The fourth-order valence-electron chi connectivity index (χ4n) is 12.0. The van der Waals surface area contributed by atoms with Gasteiger partial charge in [0.2, 0.25) is 11.8 Å².